The predicted octanol–water partition coefficient (Wildman–Crippen LogP) is 4.34. The number of likely N-dealkylation sites (N-methyl/N-ethyl adjacent to an activating group) is 1. The van der Waals surface area contributed by atoms with Crippen molar-refractivity contribution in [3.05, 3.63) is 63.1 Å². The summed E-state index contributed by atoms with van der Waals surface area (Å²) >= 11 is 9.50. The number of carbonyl (C=O) groups excluding carboxylic acids is 2. The average molecular weight is 468 g/mol. The standard InChI is InChI=1S/C21H24BrClN2O3/c1-4-18(21(27)24-3)25(12-15-8-6-5-7-14(15)2)20(26)13-28-19-10-9-16(22)11-17(19)23/h5-11,18H,4,12-13H2,1-3H3,(H,24,27)/t18-/m1/s1. The molecule has 1 atom stereocenters. The smallest absolute Gasteiger partial charge is 0.261 e. The van der Waals surface area contributed by atoms with E-state index in [0.717, 1.165) is 15.6 Å². The molecule has 1 N–H and O–H groups in total. The number of rotatable bonds is 8. The third-order valence-corrected chi connectivity index (χ3v) is 5.27. The molecule has 2 rings (SSSR count). The monoisotopic (exact) mass is 466 g/mol. The fourth-order valence-electron chi connectivity index (χ4n) is 2.87. The molecule has 0 saturated heterocycles. The minimum atomic E-state index is -0.582. The number of nitrogens with zero attached hydrogens (tertiary/aromatic N) is 1. The van der Waals surface area contributed by atoms with Gasteiger partial charge in [-0.2, -0.15) is 0 Å². The zero-order valence-electron chi connectivity index (χ0n) is 16.2. The lowest BCUT2D eigenvalue weighted by atomic mass is 10.1. The second-order valence-corrected chi connectivity index (χ2v) is 7.67. The van der Waals surface area contributed by atoms with Crippen molar-refractivity contribution < 1.29 is 14.3 Å². The quantitative estimate of drug-likeness (QED) is 0.628. The normalized spacial score (nSPS) is 11.6. The molecule has 0 aliphatic heterocycles. The Labute approximate surface area is 179 Å². The van der Waals surface area contributed by atoms with Crippen molar-refractivity contribution in [1.29, 1.82) is 0 Å². The molecule has 0 fully saturated rings. The SMILES string of the molecule is CC[C@H](C(=O)NC)N(Cc1ccccc1C)C(=O)COc1ccc(Br)cc1Cl. The van der Waals surface area contributed by atoms with Crippen LogP contribution in [0.25, 0.3) is 0 Å². The number of nitrogens with one attached hydrogen (secondary N) is 1. The largest absolute Gasteiger partial charge is 0.482 e. The van der Waals surface area contributed by atoms with E-state index >= 15 is 0 Å². The van der Waals surface area contributed by atoms with Crippen LogP contribution in [0.15, 0.2) is 46.9 Å². The highest BCUT2D eigenvalue weighted by atomic mass is 79.9. The zero-order valence-corrected chi connectivity index (χ0v) is 18.5. The Hall–Kier alpha value is -2.05. The molecule has 7 heteroatoms. The summed E-state index contributed by atoms with van der Waals surface area (Å²) in [6.45, 7) is 3.98. The third kappa shape index (κ3) is 5.72. The molecule has 0 heterocycles. The Morgan fingerprint density at radius 2 is 1.96 bits per heavy atom. The molecule has 0 aliphatic carbocycles. The zero-order chi connectivity index (χ0) is 20.7. The Kier molecular flexibility index (Phi) is 8.33. The van der Waals surface area contributed by atoms with Crippen molar-refractivity contribution in [3.8, 4) is 5.75 Å². The molecule has 0 radical (unpaired) electrons. The third-order valence-electron chi connectivity index (χ3n) is 4.48. The summed E-state index contributed by atoms with van der Waals surface area (Å²) in [4.78, 5) is 26.9. The molecular formula is C21H24BrClN2O3. The van der Waals surface area contributed by atoms with Gasteiger partial charge in [0.1, 0.15) is 11.8 Å². The maximum atomic E-state index is 13.0. The first-order valence-electron chi connectivity index (χ1n) is 9.00. The van der Waals surface area contributed by atoms with Gasteiger partial charge in [-0.15, -0.1) is 0 Å². The minimum absolute atomic E-state index is 0.203. The van der Waals surface area contributed by atoms with Gasteiger partial charge in [0.25, 0.3) is 5.91 Å². The van der Waals surface area contributed by atoms with Gasteiger partial charge in [-0.1, -0.05) is 58.7 Å². The molecule has 150 valence electrons. The van der Waals surface area contributed by atoms with E-state index in [2.05, 4.69) is 21.2 Å². The van der Waals surface area contributed by atoms with Crippen LogP contribution in [0.5, 0.6) is 5.75 Å². The lowest BCUT2D eigenvalue weighted by Crippen LogP contribution is -2.49. The molecule has 0 aliphatic rings. The number of ether oxygens (including phenoxy) is 1. The number of benzene rings is 2. The lowest BCUT2D eigenvalue weighted by molar-refractivity contribution is -0.142. The van der Waals surface area contributed by atoms with Gasteiger partial charge in [0, 0.05) is 18.1 Å². The number of carbonyl (C=O) groups is 2. The Balaban J connectivity index is 2.22. The highest BCUT2D eigenvalue weighted by molar-refractivity contribution is 9.10. The summed E-state index contributed by atoms with van der Waals surface area (Å²) in [5.74, 6) is -0.0640. The van der Waals surface area contributed by atoms with E-state index in [1.54, 1.807) is 30.1 Å². The van der Waals surface area contributed by atoms with Crippen LogP contribution in [0.4, 0.5) is 0 Å². The Morgan fingerprint density at radius 1 is 1.25 bits per heavy atom. The summed E-state index contributed by atoms with van der Waals surface area (Å²) in [5.41, 5.74) is 2.05. The van der Waals surface area contributed by atoms with E-state index in [1.165, 1.54) is 0 Å². The lowest BCUT2D eigenvalue weighted by Gasteiger charge is -2.30. The highest BCUT2D eigenvalue weighted by Gasteiger charge is 2.28. The minimum Gasteiger partial charge on any atom is -0.482 e. The molecular weight excluding hydrogens is 444 g/mol. The summed E-state index contributed by atoms with van der Waals surface area (Å²) in [7, 11) is 1.57. The van der Waals surface area contributed by atoms with Crippen LogP contribution < -0.4 is 10.1 Å². The van der Waals surface area contributed by atoms with Crippen molar-refractivity contribution >= 4 is 39.3 Å². The fraction of sp³-hybridized carbons (Fsp3) is 0.333. The van der Waals surface area contributed by atoms with Gasteiger partial charge in [0.05, 0.1) is 5.02 Å². The molecule has 0 spiro atoms. The molecule has 2 aromatic carbocycles. The maximum absolute atomic E-state index is 13.0. The van der Waals surface area contributed by atoms with Crippen LogP contribution in [0.1, 0.15) is 24.5 Å². The highest BCUT2D eigenvalue weighted by Crippen LogP contribution is 2.28. The second kappa shape index (κ2) is 10.5. The molecule has 0 bridgehead atoms. The van der Waals surface area contributed by atoms with Crippen LogP contribution in [0.3, 0.4) is 0 Å². The Bertz CT molecular complexity index is 844. The van der Waals surface area contributed by atoms with Crippen LogP contribution in [0.2, 0.25) is 5.02 Å². The summed E-state index contributed by atoms with van der Waals surface area (Å²) in [6.07, 6.45) is 0.496. The number of aryl methyl sites for hydroxylation is 1. The first-order valence-corrected chi connectivity index (χ1v) is 10.2. The van der Waals surface area contributed by atoms with E-state index < -0.39 is 6.04 Å². The number of halogens is 2. The number of amides is 2. The van der Waals surface area contributed by atoms with Gasteiger partial charge in [-0.05, 0) is 42.7 Å². The first-order chi connectivity index (χ1) is 13.4. The van der Waals surface area contributed by atoms with E-state index in [0.29, 0.717) is 23.7 Å². The van der Waals surface area contributed by atoms with Gasteiger partial charge in [-0.3, -0.25) is 9.59 Å². The topological polar surface area (TPSA) is 58.6 Å². The maximum Gasteiger partial charge on any atom is 0.261 e. The van der Waals surface area contributed by atoms with Crippen molar-refractivity contribution in [2.24, 2.45) is 0 Å². The molecule has 28 heavy (non-hydrogen) atoms. The molecule has 2 aromatic rings. The van der Waals surface area contributed by atoms with Crippen molar-refractivity contribution in [1.82, 2.24) is 10.2 Å². The van der Waals surface area contributed by atoms with Crippen molar-refractivity contribution in [2.45, 2.75) is 32.9 Å². The average Bonchev–Trinajstić information content (AvgIpc) is 2.68. The Morgan fingerprint density at radius 3 is 2.57 bits per heavy atom. The molecule has 0 saturated carbocycles. The van der Waals surface area contributed by atoms with Gasteiger partial charge in [0.15, 0.2) is 6.61 Å². The van der Waals surface area contributed by atoms with Gasteiger partial charge in [0.2, 0.25) is 5.91 Å². The van der Waals surface area contributed by atoms with Crippen LogP contribution in [-0.4, -0.2) is 36.4 Å². The van der Waals surface area contributed by atoms with Gasteiger partial charge >= 0.3 is 0 Å². The summed E-state index contributed by atoms with van der Waals surface area (Å²) in [5, 5.41) is 3.05. The van der Waals surface area contributed by atoms with Crippen LogP contribution in [0, 0.1) is 6.92 Å². The van der Waals surface area contributed by atoms with Crippen molar-refractivity contribution in [2.75, 3.05) is 13.7 Å². The number of hydrogen-bond donors (Lipinski definition) is 1. The van der Waals surface area contributed by atoms with Crippen LogP contribution in [-0.2, 0) is 16.1 Å². The molecule has 2 amide bonds. The van der Waals surface area contributed by atoms with E-state index in [9.17, 15) is 9.59 Å². The number of hydrogen-bond acceptors (Lipinski definition) is 3. The van der Waals surface area contributed by atoms with Crippen LogP contribution >= 0.6 is 27.5 Å². The van der Waals surface area contributed by atoms with Gasteiger partial charge < -0.3 is 15.0 Å². The molecule has 0 aromatic heterocycles. The van der Waals surface area contributed by atoms with E-state index in [4.69, 9.17) is 16.3 Å². The summed E-state index contributed by atoms with van der Waals surface area (Å²) < 4.78 is 6.46. The predicted molar refractivity (Wildman–Crippen MR) is 115 cm³/mol. The summed E-state index contributed by atoms with van der Waals surface area (Å²) in [6, 6.07) is 12.4. The first kappa shape index (κ1) is 22.2. The van der Waals surface area contributed by atoms with Crippen molar-refractivity contribution in [3.63, 3.8) is 0 Å². The molecule has 5 nitrogen and oxygen atoms in total. The molecule has 0 unspecified atom stereocenters. The van der Waals surface area contributed by atoms with Gasteiger partial charge in [-0.25, -0.2) is 0 Å². The second-order valence-electron chi connectivity index (χ2n) is 6.35. The van der Waals surface area contributed by atoms with E-state index in [1.807, 2.05) is 38.1 Å². The van der Waals surface area contributed by atoms with E-state index in [-0.39, 0.29) is 18.4 Å². The fourth-order valence-corrected chi connectivity index (χ4v) is 3.60.